The van der Waals surface area contributed by atoms with Gasteiger partial charge in [0.2, 0.25) is 0 Å². The van der Waals surface area contributed by atoms with Crippen LogP contribution in [0.1, 0.15) is 26.7 Å². The number of aliphatic carboxylic acids is 1. The van der Waals surface area contributed by atoms with Gasteiger partial charge in [0.25, 0.3) is 0 Å². The van der Waals surface area contributed by atoms with Crippen molar-refractivity contribution >= 4 is 15.8 Å². The van der Waals surface area contributed by atoms with Crippen molar-refractivity contribution in [2.24, 2.45) is 5.92 Å². The molecule has 0 aromatic carbocycles. The minimum Gasteiger partial charge on any atom is -0.480 e. The van der Waals surface area contributed by atoms with Gasteiger partial charge in [0.15, 0.2) is 14.6 Å². The Labute approximate surface area is 95.7 Å². The van der Waals surface area contributed by atoms with Crippen LogP contribution in [0.5, 0.6) is 0 Å². The number of carbonyl (C=O) groups is 1. The van der Waals surface area contributed by atoms with Crippen molar-refractivity contribution in [3.05, 3.63) is 0 Å². The number of carboxylic acid groups (broad SMARTS) is 1. The topological polar surface area (TPSA) is 80.7 Å². The Hall–Kier alpha value is -0.620. The Morgan fingerprint density at radius 2 is 1.88 bits per heavy atom. The summed E-state index contributed by atoms with van der Waals surface area (Å²) in [5.74, 6) is -1.33. The summed E-state index contributed by atoms with van der Waals surface area (Å²) in [6, 6.07) is 0. The monoisotopic (exact) mass is 250 g/mol. The predicted molar refractivity (Wildman–Crippen MR) is 59.0 cm³/mol. The zero-order valence-corrected chi connectivity index (χ0v) is 10.4. The molecule has 1 N–H and O–H groups in total. The molecule has 1 heterocycles. The van der Waals surface area contributed by atoms with E-state index in [0.717, 1.165) is 0 Å². The van der Waals surface area contributed by atoms with E-state index in [4.69, 9.17) is 9.84 Å². The summed E-state index contributed by atoms with van der Waals surface area (Å²) in [5.41, 5.74) is 0. The van der Waals surface area contributed by atoms with E-state index in [2.05, 4.69) is 0 Å². The summed E-state index contributed by atoms with van der Waals surface area (Å²) in [6.07, 6.45) is 1.38. The third-order valence-electron chi connectivity index (χ3n) is 3.09. The molecule has 0 aromatic rings. The normalized spacial score (nSPS) is 19.6. The summed E-state index contributed by atoms with van der Waals surface area (Å²) in [7, 11) is -3.61. The first kappa shape index (κ1) is 13.4. The summed E-state index contributed by atoms with van der Waals surface area (Å²) in [5, 5.41) is 8.90. The second-order valence-electron chi connectivity index (χ2n) is 4.65. The maximum absolute atomic E-state index is 11.9. The number of hydrogen-bond acceptors (Lipinski definition) is 4. The molecule has 16 heavy (non-hydrogen) atoms. The summed E-state index contributed by atoms with van der Waals surface area (Å²) >= 11 is 0. The summed E-state index contributed by atoms with van der Waals surface area (Å²) in [6.45, 7) is 3.61. The average molecular weight is 250 g/mol. The number of ether oxygens (including phenoxy) is 1. The molecule has 0 atom stereocenters. The van der Waals surface area contributed by atoms with Gasteiger partial charge >= 0.3 is 5.97 Å². The van der Waals surface area contributed by atoms with Gasteiger partial charge in [-0.1, -0.05) is 0 Å². The lowest BCUT2D eigenvalue weighted by atomic mass is 10.0. The molecule has 6 heteroatoms. The molecular formula is C10H18O5S. The molecule has 1 fully saturated rings. The van der Waals surface area contributed by atoms with Crippen LogP contribution in [-0.4, -0.2) is 43.2 Å². The van der Waals surface area contributed by atoms with Crippen LogP contribution in [0.25, 0.3) is 0 Å². The standard InChI is InChI=1S/C10H18O5S/c1-10(2,9(11)12)16(13,14)7-8-3-5-15-6-4-8/h8H,3-7H2,1-2H3,(H,11,12). The van der Waals surface area contributed by atoms with E-state index in [1.165, 1.54) is 13.8 Å². The van der Waals surface area contributed by atoms with Crippen LogP contribution >= 0.6 is 0 Å². The van der Waals surface area contributed by atoms with Crippen LogP contribution < -0.4 is 0 Å². The van der Waals surface area contributed by atoms with Gasteiger partial charge in [0.1, 0.15) is 0 Å². The second-order valence-corrected chi connectivity index (χ2v) is 7.24. The lowest BCUT2D eigenvalue weighted by Gasteiger charge is -2.26. The van der Waals surface area contributed by atoms with Gasteiger partial charge in [-0.2, -0.15) is 0 Å². The number of hydrogen-bond donors (Lipinski definition) is 1. The number of carboxylic acids is 1. The highest BCUT2D eigenvalue weighted by Gasteiger charge is 2.42. The third kappa shape index (κ3) is 2.74. The van der Waals surface area contributed by atoms with Crippen LogP contribution in [0.2, 0.25) is 0 Å². The lowest BCUT2D eigenvalue weighted by Crippen LogP contribution is -2.43. The first-order valence-electron chi connectivity index (χ1n) is 5.31. The van der Waals surface area contributed by atoms with Gasteiger partial charge < -0.3 is 9.84 Å². The van der Waals surface area contributed by atoms with E-state index >= 15 is 0 Å². The summed E-state index contributed by atoms with van der Waals surface area (Å²) in [4.78, 5) is 10.9. The minimum atomic E-state index is -3.61. The largest absolute Gasteiger partial charge is 0.480 e. The predicted octanol–water partition coefficient (Wildman–Crippen LogP) is 0.691. The molecule has 94 valence electrons. The molecule has 1 rings (SSSR count). The molecule has 0 bridgehead atoms. The quantitative estimate of drug-likeness (QED) is 0.794. The van der Waals surface area contributed by atoms with Crippen LogP contribution in [0, 0.1) is 5.92 Å². The molecule has 0 aromatic heterocycles. The van der Waals surface area contributed by atoms with Gasteiger partial charge in [0, 0.05) is 13.2 Å². The Morgan fingerprint density at radius 3 is 2.31 bits per heavy atom. The van der Waals surface area contributed by atoms with Crippen LogP contribution in [0.15, 0.2) is 0 Å². The fourth-order valence-corrected chi connectivity index (χ4v) is 3.20. The van der Waals surface area contributed by atoms with E-state index in [1.54, 1.807) is 0 Å². The molecule has 0 saturated carbocycles. The van der Waals surface area contributed by atoms with Crippen LogP contribution in [-0.2, 0) is 19.4 Å². The molecule has 0 aliphatic carbocycles. The van der Waals surface area contributed by atoms with Gasteiger partial charge in [-0.25, -0.2) is 8.42 Å². The van der Waals surface area contributed by atoms with Gasteiger partial charge in [-0.05, 0) is 32.6 Å². The first-order valence-corrected chi connectivity index (χ1v) is 6.96. The smallest absolute Gasteiger partial charge is 0.324 e. The van der Waals surface area contributed by atoms with E-state index < -0.39 is 20.6 Å². The van der Waals surface area contributed by atoms with Crippen molar-refractivity contribution in [3.8, 4) is 0 Å². The van der Waals surface area contributed by atoms with Crippen molar-refractivity contribution in [3.63, 3.8) is 0 Å². The Morgan fingerprint density at radius 1 is 1.38 bits per heavy atom. The maximum atomic E-state index is 11.9. The van der Waals surface area contributed by atoms with E-state index in [-0.39, 0.29) is 11.7 Å². The molecule has 5 nitrogen and oxygen atoms in total. The molecule has 0 unspecified atom stereocenters. The Bertz CT molecular complexity index is 351. The molecular weight excluding hydrogens is 232 g/mol. The fraction of sp³-hybridized carbons (Fsp3) is 0.900. The first-order chi connectivity index (χ1) is 7.27. The van der Waals surface area contributed by atoms with Crippen molar-refractivity contribution in [2.45, 2.75) is 31.4 Å². The van der Waals surface area contributed by atoms with Gasteiger partial charge in [-0.3, -0.25) is 4.79 Å². The zero-order valence-electron chi connectivity index (χ0n) is 9.60. The number of sulfone groups is 1. The van der Waals surface area contributed by atoms with Crippen molar-refractivity contribution in [2.75, 3.05) is 19.0 Å². The highest BCUT2D eigenvalue weighted by molar-refractivity contribution is 7.93. The zero-order chi connectivity index (χ0) is 12.4. The number of rotatable bonds is 4. The van der Waals surface area contributed by atoms with E-state index in [9.17, 15) is 13.2 Å². The molecule has 0 spiro atoms. The lowest BCUT2D eigenvalue weighted by molar-refractivity contribution is -0.139. The van der Waals surface area contributed by atoms with Crippen molar-refractivity contribution in [1.82, 2.24) is 0 Å². The third-order valence-corrected chi connectivity index (χ3v) is 5.73. The van der Waals surface area contributed by atoms with Crippen molar-refractivity contribution < 1.29 is 23.1 Å². The molecule has 0 radical (unpaired) electrons. The minimum absolute atomic E-state index is 0.0253. The van der Waals surface area contributed by atoms with Crippen LogP contribution in [0.4, 0.5) is 0 Å². The van der Waals surface area contributed by atoms with Gasteiger partial charge in [-0.15, -0.1) is 0 Å². The maximum Gasteiger partial charge on any atom is 0.324 e. The molecule has 1 aliphatic rings. The van der Waals surface area contributed by atoms with Crippen LogP contribution in [0.3, 0.4) is 0 Å². The Kier molecular flexibility index (Phi) is 3.96. The highest BCUT2D eigenvalue weighted by Crippen LogP contribution is 2.24. The van der Waals surface area contributed by atoms with Gasteiger partial charge in [0.05, 0.1) is 5.75 Å². The highest BCUT2D eigenvalue weighted by atomic mass is 32.2. The van der Waals surface area contributed by atoms with Crippen molar-refractivity contribution in [1.29, 1.82) is 0 Å². The molecule has 1 saturated heterocycles. The van der Waals surface area contributed by atoms with E-state index in [0.29, 0.717) is 26.1 Å². The molecule has 1 aliphatic heterocycles. The molecule has 0 amide bonds. The fourth-order valence-electron chi connectivity index (χ4n) is 1.56. The average Bonchev–Trinajstić information content (AvgIpc) is 2.18. The Balaban J connectivity index is 2.74. The second kappa shape index (κ2) is 4.71. The summed E-state index contributed by atoms with van der Waals surface area (Å²) < 4.78 is 27.3. The van der Waals surface area contributed by atoms with E-state index in [1.807, 2.05) is 0 Å². The SMILES string of the molecule is CC(C)(C(=O)O)S(=O)(=O)CC1CCOCC1.